The number of piperidine rings is 1. The SMILES string of the molecule is C#CCNCC(=O)N1CCC(CC)CC1C(=O)O. The topological polar surface area (TPSA) is 69.6 Å². The summed E-state index contributed by atoms with van der Waals surface area (Å²) in [5.41, 5.74) is 0. The molecule has 0 bridgehead atoms. The predicted molar refractivity (Wildman–Crippen MR) is 67.9 cm³/mol. The van der Waals surface area contributed by atoms with Crippen molar-refractivity contribution in [2.24, 2.45) is 5.92 Å². The number of nitrogens with zero attached hydrogens (tertiary/aromatic N) is 1. The van der Waals surface area contributed by atoms with Crippen molar-refractivity contribution in [3.05, 3.63) is 0 Å². The van der Waals surface area contributed by atoms with E-state index in [1.165, 1.54) is 4.90 Å². The second-order valence-corrected chi connectivity index (χ2v) is 4.55. The normalized spacial score (nSPS) is 23.4. The van der Waals surface area contributed by atoms with Gasteiger partial charge in [-0.1, -0.05) is 19.3 Å². The molecular weight excluding hydrogens is 232 g/mol. The Morgan fingerprint density at radius 2 is 2.28 bits per heavy atom. The van der Waals surface area contributed by atoms with Crippen LogP contribution >= 0.6 is 0 Å². The Hall–Kier alpha value is -1.54. The first-order chi connectivity index (χ1) is 8.60. The maximum absolute atomic E-state index is 11.9. The van der Waals surface area contributed by atoms with Crippen LogP contribution in [0.3, 0.4) is 0 Å². The number of amides is 1. The van der Waals surface area contributed by atoms with Gasteiger partial charge in [-0.3, -0.25) is 10.1 Å². The van der Waals surface area contributed by atoms with Crippen LogP contribution in [0.5, 0.6) is 0 Å². The number of nitrogens with one attached hydrogen (secondary N) is 1. The minimum absolute atomic E-state index is 0.102. The molecule has 0 radical (unpaired) electrons. The van der Waals surface area contributed by atoms with Gasteiger partial charge in [0.05, 0.1) is 13.1 Å². The van der Waals surface area contributed by atoms with Crippen LogP contribution in [0, 0.1) is 18.3 Å². The highest BCUT2D eigenvalue weighted by atomic mass is 16.4. The van der Waals surface area contributed by atoms with Crippen molar-refractivity contribution >= 4 is 11.9 Å². The van der Waals surface area contributed by atoms with Gasteiger partial charge in [0.15, 0.2) is 0 Å². The number of carbonyl (C=O) groups excluding carboxylic acids is 1. The van der Waals surface area contributed by atoms with Gasteiger partial charge in [-0.2, -0.15) is 0 Å². The number of terminal acetylenes is 1. The van der Waals surface area contributed by atoms with Gasteiger partial charge in [0.2, 0.25) is 5.91 Å². The summed E-state index contributed by atoms with van der Waals surface area (Å²) in [7, 11) is 0. The minimum Gasteiger partial charge on any atom is -0.480 e. The number of carbonyl (C=O) groups is 2. The van der Waals surface area contributed by atoms with Gasteiger partial charge in [0, 0.05) is 6.54 Å². The number of hydrogen-bond acceptors (Lipinski definition) is 3. The molecule has 0 aromatic heterocycles. The van der Waals surface area contributed by atoms with Crippen LogP contribution in [0.1, 0.15) is 26.2 Å². The molecule has 5 heteroatoms. The molecular formula is C13H20N2O3. The molecule has 2 atom stereocenters. The third-order valence-electron chi connectivity index (χ3n) is 3.40. The molecule has 2 unspecified atom stereocenters. The lowest BCUT2D eigenvalue weighted by Gasteiger charge is -2.37. The fourth-order valence-electron chi connectivity index (χ4n) is 2.28. The summed E-state index contributed by atoms with van der Waals surface area (Å²) in [4.78, 5) is 24.6. The molecule has 1 amide bonds. The van der Waals surface area contributed by atoms with Crippen LogP contribution in [0.2, 0.25) is 0 Å². The highest BCUT2D eigenvalue weighted by molar-refractivity contribution is 5.85. The minimum atomic E-state index is -0.918. The van der Waals surface area contributed by atoms with E-state index in [-0.39, 0.29) is 12.5 Å². The maximum atomic E-state index is 11.9. The molecule has 0 aliphatic carbocycles. The van der Waals surface area contributed by atoms with Gasteiger partial charge >= 0.3 is 5.97 Å². The fraction of sp³-hybridized carbons (Fsp3) is 0.692. The molecule has 1 rings (SSSR count). The van der Waals surface area contributed by atoms with Gasteiger partial charge in [0.25, 0.3) is 0 Å². The van der Waals surface area contributed by atoms with Gasteiger partial charge in [-0.05, 0) is 18.8 Å². The third-order valence-corrected chi connectivity index (χ3v) is 3.40. The van der Waals surface area contributed by atoms with Crippen molar-refractivity contribution in [1.29, 1.82) is 0 Å². The first kappa shape index (κ1) is 14.5. The van der Waals surface area contributed by atoms with Crippen LogP contribution in [-0.2, 0) is 9.59 Å². The molecule has 1 heterocycles. The lowest BCUT2D eigenvalue weighted by atomic mass is 9.89. The summed E-state index contributed by atoms with van der Waals surface area (Å²) < 4.78 is 0. The van der Waals surface area contributed by atoms with E-state index < -0.39 is 12.0 Å². The van der Waals surface area contributed by atoms with Crippen molar-refractivity contribution in [1.82, 2.24) is 10.2 Å². The van der Waals surface area contributed by atoms with Crippen LogP contribution < -0.4 is 5.32 Å². The summed E-state index contributed by atoms with van der Waals surface area (Å²) in [6.07, 6.45) is 7.46. The summed E-state index contributed by atoms with van der Waals surface area (Å²) in [5.74, 6) is 1.67. The second-order valence-electron chi connectivity index (χ2n) is 4.55. The Bertz CT molecular complexity index is 349. The number of likely N-dealkylation sites (tertiary alicyclic amines) is 1. The van der Waals surface area contributed by atoms with Crippen molar-refractivity contribution in [3.8, 4) is 12.3 Å². The Morgan fingerprint density at radius 3 is 2.83 bits per heavy atom. The Labute approximate surface area is 108 Å². The molecule has 100 valence electrons. The average Bonchev–Trinajstić information content (AvgIpc) is 2.38. The number of hydrogen-bond donors (Lipinski definition) is 2. The van der Waals surface area contributed by atoms with Crippen molar-refractivity contribution in [2.75, 3.05) is 19.6 Å². The lowest BCUT2D eigenvalue weighted by Crippen LogP contribution is -2.52. The third kappa shape index (κ3) is 3.74. The van der Waals surface area contributed by atoms with E-state index >= 15 is 0 Å². The van der Waals surface area contributed by atoms with Gasteiger partial charge in [-0.25, -0.2) is 4.79 Å². The quantitative estimate of drug-likeness (QED) is 0.546. The fourth-order valence-corrected chi connectivity index (χ4v) is 2.28. The van der Waals surface area contributed by atoms with Crippen molar-refractivity contribution < 1.29 is 14.7 Å². The molecule has 18 heavy (non-hydrogen) atoms. The summed E-state index contributed by atoms with van der Waals surface area (Å²) in [5, 5.41) is 12.0. The number of carboxylic acids is 1. The van der Waals surface area contributed by atoms with E-state index in [1.54, 1.807) is 0 Å². The van der Waals surface area contributed by atoms with Crippen LogP contribution in [0.4, 0.5) is 0 Å². The van der Waals surface area contributed by atoms with E-state index in [1.807, 2.05) is 0 Å². The van der Waals surface area contributed by atoms with Crippen molar-refractivity contribution in [2.45, 2.75) is 32.2 Å². The molecule has 1 saturated heterocycles. The zero-order chi connectivity index (χ0) is 13.5. The van der Waals surface area contributed by atoms with Gasteiger partial charge < -0.3 is 10.0 Å². The summed E-state index contributed by atoms with van der Waals surface area (Å²) >= 11 is 0. The zero-order valence-electron chi connectivity index (χ0n) is 10.7. The van der Waals surface area contributed by atoms with E-state index in [0.29, 0.717) is 25.4 Å². The second kappa shape index (κ2) is 7.02. The van der Waals surface area contributed by atoms with Gasteiger partial charge in [0.1, 0.15) is 6.04 Å². The van der Waals surface area contributed by atoms with Crippen molar-refractivity contribution in [3.63, 3.8) is 0 Å². The first-order valence-electron chi connectivity index (χ1n) is 6.26. The van der Waals surface area contributed by atoms with E-state index in [2.05, 4.69) is 18.2 Å². The number of carboxylic acid groups (broad SMARTS) is 1. The highest BCUT2D eigenvalue weighted by Gasteiger charge is 2.35. The smallest absolute Gasteiger partial charge is 0.326 e. The van der Waals surface area contributed by atoms with E-state index in [9.17, 15) is 14.7 Å². The molecule has 0 saturated carbocycles. The average molecular weight is 252 g/mol. The molecule has 1 aliphatic heterocycles. The molecule has 0 aromatic rings. The largest absolute Gasteiger partial charge is 0.480 e. The molecule has 5 nitrogen and oxygen atoms in total. The monoisotopic (exact) mass is 252 g/mol. The Kier molecular flexibility index (Phi) is 5.66. The van der Waals surface area contributed by atoms with Crippen LogP contribution in [0.15, 0.2) is 0 Å². The van der Waals surface area contributed by atoms with Crippen LogP contribution in [-0.4, -0.2) is 47.6 Å². The molecule has 0 aromatic carbocycles. The lowest BCUT2D eigenvalue weighted by molar-refractivity contribution is -0.152. The van der Waals surface area contributed by atoms with E-state index in [0.717, 1.165) is 12.8 Å². The highest BCUT2D eigenvalue weighted by Crippen LogP contribution is 2.25. The molecule has 1 fully saturated rings. The van der Waals surface area contributed by atoms with E-state index in [4.69, 9.17) is 6.42 Å². The molecule has 0 spiro atoms. The summed E-state index contributed by atoms with van der Waals surface area (Å²) in [6, 6.07) is -0.691. The van der Waals surface area contributed by atoms with Crippen LogP contribution in [0.25, 0.3) is 0 Å². The standard InChI is InChI=1S/C13H20N2O3/c1-3-6-14-9-12(16)15-7-5-10(4-2)8-11(15)13(17)18/h1,10-11,14H,4-9H2,2H3,(H,17,18). The summed E-state index contributed by atoms with van der Waals surface area (Å²) in [6.45, 7) is 2.99. The first-order valence-corrected chi connectivity index (χ1v) is 6.26. The number of rotatable bonds is 5. The number of aliphatic carboxylic acids is 1. The molecule has 2 N–H and O–H groups in total. The predicted octanol–water partition coefficient (Wildman–Crippen LogP) is 0.311. The van der Waals surface area contributed by atoms with Gasteiger partial charge in [-0.15, -0.1) is 6.42 Å². The zero-order valence-corrected chi connectivity index (χ0v) is 10.7. The maximum Gasteiger partial charge on any atom is 0.326 e. The Balaban J connectivity index is 2.59. The molecule has 1 aliphatic rings. The Morgan fingerprint density at radius 1 is 1.56 bits per heavy atom.